The normalized spacial score (nSPS) is 13.8. The standard InChI is InChI=1S/C17H21N3O3S/c1-12-6-8-13(9-7-12)20-15-5-3-4-14(15)16(19-20)17(21)18-10-11-24(2,22)23/h6-9H,3-5,10-11H2,1-2H3,(H,18,21). The number of aromatic nitrogens is 2. The van der Waals surface area contributed by atoms with Crippen molar-refractivity contribution in [3.05, 3.63) is 46.8 Å². The van der Waals surface area contributed by atoms with Crippen LogP contribution >= 0.6 is 0 Å². The van der Waals surface area contributed by atoms with E-state index in [-0.39, 0.29) is 18.2 Å². The van der Waals surface area contributed by atoms with Crippen LogP contribution in [0.1, 0.15) is 33.7 Å². The van der Waals surface area contributed by atoms with Crippen LogP contribution in [0.5, 0.6) is 0 Å². The van der Waals surface area contributed by atoms with Gasteiger partial charge in [-0.1, -0.05) is 17.7 Å². The zero-order valence-electron chi connectivity index (χ0n) is 13.9. The number of amides is 1. The maximum atomic E-state index is 12.4. The number of carbonyl (C=O) groups is 1. The quantitative estimate of drug-likeness (QED) is 0.887. The molecule has 0 radical (unpaired) electrons. The Hall–Kier alpha value is -2.15. The van der Waals surface area contributed by atoms with Crippen LogP contribution in [0.3, 0.4) is 0 Å². The predicted molar refractivity (Wildman–Crippen MR) is 92.4 cm³/mol. The molecule has 7 heteroatoms. The fourth-order valence-electron chi connectivity index (χ4n) is 2.95. The molecule has 24 heavy (non-hydrogen) atoms. The highest BCUT2D eigenvalue weighted by molar-refractivity contribution is 7.90. The zero-order valence-corrected chi connectivity index (χ0v) is 14.7. The Balaban J connectivity index is 1.86. The van der Waals surface area contributed by atoms with E-state index in [1.165, 1.54) is 5.56 Å². The monoisotopic (exact) mass is 347 g/mol. The van der Waals surface area contributed by atoms with E-state index in [1.54, 1.807) is 0 Å². The van der Waals surface area contributed by atoms with Crippen LogP contribution in [0.4, 0.5) is 0 Å². The van der Waals surface area contributed by atoms with Gasteiger partial charge >= 0.3 is 0 Å². The fourth-order valence-corrected chi connectivity index (χ4v) is 3.43. The molecule has 1 aromatic heterocycles. The number of rotatable bonds is 5. The van der Waals surface area contributed by atoms with Gasteiger partial charge in [0.05, 0.1) is 11.4 Å². The van der Waals surface area contributed by atoms with E-state index in [0.717, 1.165) is 42.5 Å². The summed E-state index contributed by atoms with van der Waals surface area (Å²) in [6.45, 7) is 2.13. The molecule has 0 bridgehead atoms. The Kier molecular flexibility index (Phi) is 4.45. The van der Waals surface area contributed by atoms with Crippen molar-refractivity contribution in [2.24, 2.45) is 0 Å². The van der Waals surface area contributed by atoms with Crippen molar-refractivity contribution >= 4 is 15.7 Å². The Morgan fingerprint density at radius 3 is 2.62 bits per heavy atom. The summed E-state index contributed by atoms with van der Waals surface area (Å²) in [5, 5.41) is 7.17. The van der Waals surface area contributed by atoms with Gasteiger partial charge in [-0.3, -0.25) is 4.79 Å². The third-order valence-electron chi connectivity index (χ3n) is 4.18. The Morgan fingerprint density at radius 2 is 1.96 bits per heavy atom. The molecule has 0 saturated carbocycles. The van der Waals surface area contributed by atoms with Gasteiger partial charge < -0.3 is 5.32 Å². The highest BCUT2D eigenvalue weighted by Crippen LogP contribution is 2.27. The van der Waals surface area contributed by atoms with E-state index >= 15 is 0 Å². The molecule has 1 aromatic carbocycles. The molecule has 2 aromatic rings. The number of hydrogen-bond donors (Lipinski definition) is 1. The van der Waals surface area contributed by atoms with Crippen molar-refractivity contribution in [1.82, 2.24) is 15.1 Å². The number of nitrogens with zero attached hydrogens (tertiary/aromatic N) is 2. The smallest absolute Gasteiger partial charge is 0.272 e. The molecular weight excluding hydrogens is 326 g/mol. The number of benzene rings is 1. The first-order valence-electron chi connectivity index (χ1n) is 7.99. The van der Waals surface area contributed by atoms with Crippen molar-refractivity contribution < 1.29 is 13.2 Å². The first-order valence-corrected chi connectivity index (χ1v) is 10.0. The van der Waals surface area contributed by atoms with Crippen molar-refractivity contribution in [2.75, 3.05) is 18.6 Å². The average Bonchev–Trinajstić information content (AvgIpc) is 3.08. The van der Waals surface area contributed by atoms with Gasteiger partial charge in [0, 0.05) is 24.1 Å². The minimum absolute atomic E-state index is 0.0698. The van der Waals surface area contributed by atoms with Gasteiger partial charge in [0.15, 0.2) is 5.69 Å². The van der Waals surface area contributed by atoms with Gasteiger partial charge in [-0.25, -0.2) is 13.1 Å². The summed E-state index contributed by atoms with van der Waals surface area (Å²) < 4.78 is 24.2. The molecule has 0 spiro atoms. The first kappa shape index (κ1) is 16.7. The van der Waals surface area contributed by atoms with Crippen LogP contribution in [0.15, 0.2) is 24.3 Å². The van der Waals surface area contributed by atoms with Gasteiger partial charge in [-0.05, 0) is 38.3 Å². The zero-order chi connectivity index (χ0) is 17.3. The lowest BCUT2D eigenvalue weighted by molar-refractivity contribution is 0.0950. The van der Waals surface area contributed by atoms with Crippen LogP contribution < -0.4 is 5.32 Å². The lowest BCUT2D eigenvalue weighted by atomic mass is 10.2. The third kappa shape index (κ3) is 3.51. The molecule has 3 rings (SSSR count). The number of hydrogen-bond acceptors (Lipinski definition) is 4. The highest BCUT2D eigenvalue weighted by atomic mass is 32.2. The number of sulfone groups is 1. The molecule has 6 nitrogen and oxygen atoms in total. The average molecular weight is 347 g/mol. The van der Waals surface area contributed by atoms with E-state index < -0.39 is 9.84 Å². The summed E-state index contributed by atoms with van der Waals surface area (Å²) in [5.74, 6) is -0.373. The number of nitrogens with one attached hydrogen (secondary N) is 1. The van der Waals surface area contributed by atoms with Crippen molar-refractivity contribution in [2.45, 2.75) is 26.2 Å². The third-order valence-corrected chi connectivity index (χ3v) is 5.13. The van der Waals surface area contributed by atoms with E-state index in [4.69, 9.17) is 0 Å². The van der Waals surface area contributed by atoms with Gasteiger partial charge in [0.1, 0.15) is 9.84 Å². The van der Waals surface area contributed by atoms with Crippen molar-refractivity contribution in [3.8, 4) is 5.69 Å². The second-order valence-corrected chi connectivity index (χ2v) is 8.52. The fraction of sp³-hybridized carbons (Fsp3) is 0.412. The minimum Gasteiger partial charge on any atom is -0.350 e. The lowest BCUT2D eigenvalue weighted by Crippen LogP contribution is -2.29. The van der Waals surface area contributed by atoms with Gasteiger partial charge in [-0.15, -0.1) is 0 Å². The SMILES string of the molecule is Cc1ccc(-n2nc(C(=O)NCCS(C)(=O)=O)c3c2CCC3)cc1. The largest absolute Gasteiger partial charge is 0.350 e. The molecular formula is C17H21N3O3S. The van der Waals surface area contributed by atoms with Crippen LogP contribution in [-0.4, -0.2) is 42.7 Å². The molecule has 0 fully saturated rings. The molecule has 1 aliphatic rings. The molecule has 0 atom stereocenters. The Labute approximate surface area is 141 Å². The molecule has 1 amide bonds. The van der Waals surface area contributed by atoms with Crippen LogP contribution in [0.2, 0.25) is 0 Å². The molecule has 0 unspecified atom stereocenters. The minimum atomic E-state index is -3.10. The van der Waals surface area contributed by atoms with E-state index in [1.807, 2.05) is 35.9 Å². The van der Waals surface area contributed by atoms with Gasteiger partial charge in [0.25, 0.3) is 5.91 Å². The maximum absolute atomic E-state index is 12.4. The Bertz CT molecular complexity index is 867. The van der Waals surface area contributed by atoms with Crippen molar-refractivity contribution in [1.29, 1.82) is 0 Å². The Morgan fingerprint density at radius 1 is 1.25 bits per heavy atom. The predicted octanol–water partition coefficient (Wildman–Crippen LogP) is 1.44. The first-order chi connectivity index (χ1) is 11.3. The molecule has 1 heterocycles. The summed E-state index contributed by atoms with van der Waals surface area (Å²) in [4.78, 5) is 12.4. The van der Waals surface area contributed by atoms with Crippen LogP contribution in [0, 0.1) is 6.92 Å². The topological polar surface area (TPSA) is 81.1 Å². The van der Waals surface area contributed by atoms with Crippen molar-refractivity contribution in [3.63, 3.8) is 0 Å². The second-order valence-electron chi connectivity index (χ2n) is 6.26. The van der Waals surface area contributed by atoms with E-state index in [0.29, 0.717) is 5.69 Å². The second kappa shape index (κ2) is 6.39. The molecule has 128 valence electrons. The van der Waals surface area contributed by atoms with Crippen LogP contribution in [0.25, 0.3) is 5.69 Å². The van der Waals surface area contributed by atoms with E-state index in [2.05, 4.69) is 10.4 Å². The molecule has 0 aliphatic heterocycles. The number of aryl methyl sites for hydroxylation is 1. The lowest BCUT2D eigenvalue weighted by Gasteiger charge is -2.06. The van der Waals surface area contributed by atoms with E-state index in [9.17, 15) is 13.2 Å². The number of fused-ring (bicyclic) bond motifs is 1. The summed E-state index contributed by atoms with van der Waals surface area (Å²) in [7, 11) is -3.10. The summed E-state index contributed by atoms with van der Waals surface area (Å²) in [6, 6.07) is 8.02. The number of carbonyl (C=O) groups excluding carboxylic acids is 1. The molecule has 1 N–H and O–H groups in total. The summed E-state index contributed by atoms with van der Waals surface area (Å²) in [6.07, 6.45) is 3.88. The molecule has 0 saturated heterocycles. The summed E-state index contributed by atoms with van der Waals surface area (Å²) in [5.41, 5.74) is 4.58. The molecule has 1 aliphatic carbocycles. The van der Waals surface area contributed by atoms with Gasteiger partial charge in [0.2, 0.25) is 0 Å². The maximum Gasteiger partial charge on any atom is 0.272 e. The van der Waals surface area contributed by atoms with Gasteiger partial charge in [-0.2, -0.15) is 5.10 Å². The van der Waals surface area contributed by atoms with Crippen LogP contribution in [-0.2, 0) is 22.7 Å². The summed E-state index contributed by atoms with van der Waals surface area (Å²) >= 11 is 0. The highest BCUT2D eigenvalue weighted by Gasteiger charge is 2.26.